The first-order valence-corrected chi connectivity index (χ1v) is 12.3. The second-order valence-corrected chi connectivity index (χ2v) is 9.25. The number of rotatable bonds is 8. The summed E-state index contributed by atoms with van der Waals surface area (Å²) in [6.07, 6.45) is 4.25. The minimum absolute atomic E-state index is 0.137. The van der Waals surface area contributed by atoms with Crippen LogP contribution in [0.25, 0.3) is 6.08 Å². The van der Waals surface area contributed by atoms with Gasteiger partial charge in [0.1, 0.15) is 17.9 Å². The zero-order chi connectivity index (χ0) is 25.8. The minimum Gasteiger partial charge on any atom is -0.490 e. The Labute approximate surface area is 219 Å². The molecule has 1 atom stereocenters. The van der Waals surface area contributed by atoms with Crippen LogP contribution in [0.5, 0.6) is 5.75 Å². The normalized spacial score (nSPS) is 15.8. The lowest BCUT2D eigenvalue weighted by atomic mass is 9.98. The summed E-state index contributed by atoms with van der Waals surface area (Å²) >= 11 is 12.1. The Balaban J connectivity index is 1.52. The van der Waals surface area contributed by atoms with Gasteiger partial charge in [0.15, 0.2) is 0 Å². The molecule has 1 aliphatic rings. The van der Waals surface area contributed by atoms with Crippen LogP contribution in [0.3, 0.4) is 0 Å². The standard InChI is InChI=1S/C27H25Cl2N3O4/c1-3-17(2)18-6-9-20(10-7-18)32-26(34)22(25(33)30-27(32)35)16-21-5-4-12-31(21)13-14-36-24-11-8-19(28)15-23(24)29/h4-12,15-17H,3,13-14H2,1-2H3,(H,30,33,35)/b22-16+. The minimum atomic E-state index is -0.776. The molecule has 186 valence electrons. The molecule has 0 bridgehead atoms. The Bertz CT molecular complexity index is 1330. The van der Waals surface area contributed by atoms with Gasteiger partial charge in [0.2, 0.25) is 0 Å². The molecule has 1 fully saturated rings. The molecule has 7 nitrogen and oxygen atoms in total. The van der Waals surface area contributed by atoms with Crippen LogP contribution in [0.1, 0.15) is 37.4 Å². The highest BCUT2D eigenvalue weighted by Gasteiger charge is 2.37. The maximum absolute atomic E-state index is 13.2. The first kappa shape index (κ1) is 25.5. The van der Waals surface area contributed by atoms with Crippen LogP contribution in [0.2, 0.25) is 10.0 Å². The van der Waals surface area contributed by atoms with Crippen molar-refractivity contribution in [1.29, 1.82) is 0 Å². The predicted octanol–water partition coefficient (Wildman–Crippen LogP) is 6.05. The van der Waals surface area contributed by atoms with E-state index in [0.717, 1.165) is 16.9 Å². The third-order valence-corrected chi connectivity index (χ3v) is 6.61. The maximum atomic E-state index is 13.2. The second kappa shape index (κ2) is 11.0. The van der Waals surface area contributed by atoms with Crippen molar-refractivity contribution in [2.75, 3.05) is 11.5 Å². The Hall–Kier alpha value is -3.55. The van der Waals surface area contributed by atoms with Crippen LogP contribution in [-0.2, 0) is 16.1 Å². The molecular formula is C27H25Cl2N3O4. The lowest BCUT2D eigenvalue weighted by Gasteiger charge is -2.26. The van der Waals surface area contributed by atoms with E-state index < -0.39 is 17.8 Å². The number of anilines is 1. The number of amides is 4. The molecule has 0 radical (unpaired) electrons. The summed E-state index contributed by atoms with van der Waals surface area (Å²) in [7, 11) is 0. The van der Waals surface area contributed by atoms with E-state index in [-0.39, 0.29) is 5.57 Å². The van der Waals surface area contributed by atoms with Gasteiger partial charge in [-0.25, -0.2) is 9.69 Å². The van der Waals surface area contributed by atoms with Crippen molar-refractivity contribution in [2.24, 2.45) is 0 Å². The maximum Gasteiger partial charge on any atom is 0.335 e. The molecule has 1 saturated heterocycles. The van der Waals surface area contributed by atoms with Crippen molar-refractivity contribution < 1.29 is 19.1 Å². The van der Waals surface area contributed by atoms with Crippen molar-refractivity contribution in [2.45, 2.75) is 32.7 Å². The fourth-order valence-electron chi connectivity index (χ4n) is 3.84. The number of nitrogens with one attached hydrogen (secondary N) is 1. The Morgan fingerprint density at radius 2 is 1.81 bits per heavy atom. The van der Waals surface area contributed by atoms with Gasteiger partial charge in [-0.15, -0.1) is 0 Å². The Kier molecular flexibility index (Phi) is 7.82. The molecule has 9 heteroatoms. The van der Waals surface area contributed by atoms with E-state index in [2.05, 4.69) is 19.2 Å². The summed E-state index contributed by atoms with van der Waals surface area (Å²) in [5.41, 5.74) is 1.98. The van der Waals surface area contributed by atoms with Crippen molar-refractivity contribution in [3.8, 4) is 5.75 Å². The number of carbonyl (C=O) groups is 3. The summed E-state index contributed by atoms with van der Waals surface area (Å²) < 4.78 is 7.58. The summed E-state index contributed by atoms with van der Waals surface area (Å²) in [6, 6.07) is 15.0. The van der Waals surface area contributed by atoms with Gasteiger partial charge in [-0.3, -0.25) is 14.9 Å². The monoisotopic (exact) mass is 525 g/mol. The zero-order valence-corrected chi connectivity index (χ0v) is 21.3. The van der Waals surface area contributed by atoms with E-state index in [1.165, 1.54) is 6.08 Å². The number of benzene rings is 2. The van der Waals surface area contributed by atoms with Gasteiger partial charge in [0, 0.05) is 16.9 Å². The van der Waals surface area contributed by atoms with Gasteiger partial charge in [-0.1, -0.05) is 49.2 Å². The largest absolute Gasteiger partial charge is 0.490 e. The van der Waals surface area contributed by atoms with E-state index >= 15 is 0 Å². The van der Waals surface area contributed by atoms with Crippen LogP contribution in [0, 0.1) is 0 Å². The molecule has 0 aliphatic carbocycles. The molecule has 0 spiro atoms. The lowest BCUT2D eigenvalue weighted by molar-refractivity contribution is -0.122. The smallest absolute Gasteiger partial charge is 0.335 e. The number of hydrogen-bond acceptors (Lipinski definition) is 4. The molecule has 2 heterocycles. The van der Waals surface area contributed by atoms with Gasteiger partial charge < -0.3 is 9.30 Å². The average Bonchev–Trinajstić information content (AvgIpc) is 3.30. The van der Waals surface area contributed by atoms with Gasteiger partial charge in [0.25, 0.3) is 11.8 Å². The molecule has 3 aromatic rings. The molecule has 1 unspecified atom stereocenters. The number of barbiturate groups is 1. The number of imide groups is 2. The van der Waals surface area contributed by atoms with Crippen LogP contribution < -0.4 is 15.0 Å². The number of halogens is 2. The van der Waals surface area contributed by atoms with Gasteiger partial charge in [-0.05, 0) is 66.4 Å². The molecule has 36 heavy (non-hydrogen) atoms. The highest BCUT2D eigenvalue weighted by molar-refractivity contribution is 6.39. The van der Waals surface area contributed by atoms with Crippen LogP contribution >= 0.6 is 23.2 Å². The summed E-state index contributed by atoms with van der Waals surface area (Å²) in [5, 5.41) is 3.18. The molecular weight excluding hydrogens is 501 g/mol. The molecule has 1 N–H and O–H groups in total. The Morgan fingerprint density at radius 3 is 2.50 bits per heavy atom. The van der Waals surface area contributed by atoms with E-state index in [9.17, 15) is 14.4 Å². The number of hydrogen-bond donors (Lipinski definition) is 1. The number of aromatic nitrogens is 1. The highest BCUT2D eigenvalue weighted by Crippen LogP contribution is 2.28. The Morgan fingerprint density at radius 1 is 1.06 bits per heavy atom. The molecule has 1 aliphatic heterocycles. The third-order valence-electron chi connectivity index (χ3n) is 6.07. The first-order chi connectivity index (χ1) is 17.3. The van der Waals surface area contributed by atoms with Crippen molar-refractivity contribution in [3.05, 3.63) is 87.7 Å². The molecule has 4 amide bonds. The van der Waals surface area contributed by atoms with Crippen LogP contribution in [0.15, 0.2) is 66.4 Å². The van der Waals surface area contributed by atoms with Gasteiger partial charge in [0.05, 0.1) is 17.3 Å². The van der Waals surface area contributed by atoms with Crippen molar-refractivity contribution in [1.82, 2.24) is 9.88 Å². The third kappa shape index (κ3) is 5.48. The lowest BCUT2D eigenvalue weighted by Crippen LogP contribution is -2.54. The van der Waals surface area contributed by atoms with Crippen LogP contribution in [-0.4, -0.2) is 29.0 Å². The fourth-order valence-corrected chi connectivity index (χ4v) is 4.30. The number of urea groups is 1. The van der Waals surface area contributed by atoms with E-state index in [1.54, 1.807) is 48.7 Å². The SMILES string of the molecule is CCC(C)c1ccc(N2C(=O)NC(=O)/C(=C\c3cccn3CCOc3ccc(Cl)cc3Cl)C2=O)cc1. The first-order valence-electron chi connectivity index (χ1n) is 11.5. The predicted molar refractivity (Wildman–Crippen MR) is 141 cm³/mol. The molecule has 4 rings (SSSR count). The van der Waals surface area contributed by atoms with Crippen molar-refractivity contribution >= 4 is 52.8 Å². The molecule has 2 aromatic carbocycles. The second-order valence-electron chi connectivity index (χ2n) is 8.41. The fraction of sp³-hybridized carbons (Fsp3) is 0.222. The number of carbonyl (C=O) groups excluding carboxylic acids is 3. The quantitative estimate of drug-likeness (QED) is 0.286. The summed E-state index contributed by atoms with van der Waals surface area (Å²) in [5.74, 6) is -0.565. The van der Waals surface area contributed by atoms with Gasteiger partial charge in [-0.2, -0.15) is 0 Å². The van der Waals surface area contributed by atoms with E-state index in [1.807, 2.05) is 16.7 Å². The van der Waals surface area contributed by atoms with E-state index in [4.69, 9.17) is 27.9 Å². The zero-order valence-electron chi connectivity index (χ0n) is 19.8. The van der Waals surface area contributed by atoms with Gasteiger partial charge >= 0.3 is 6.03 Å². The molecule has 0 saturated carbocycles. The number of nitrogens with zero attached hydrogens (tertiary/aromatic N) is 2. The highest BCUT2D eigenvalue weighted by atomic mass is 35.5. The van der Waals surface area contributed by atoms with E-state index in [0.29, 0.717) is 46.2 Å². The summed E-state index contributed by atoms with van der Waals surface area (Å²) in [6.45, 7) is 4.93. The van der Waals surface area contributed by atoms with Crippen LogP contribution in [0.4, 0.5) is 10.5 Å². The average molecular weight is 526 g/mol. The topological polar surface area (TPSA) is 80.6 Å². The van der Waals surface area contributed by atoms with Crippen molar-refractivity contribution in [3.63, 3.8) is 0 Å². The molecule has 1 aromatic heterocycles. The summed E-state index contributed by atoms with van der Waals surface area (Å²) in [4.78, 5) is 39.3. The number of ether oxygens (including phenoxy) is 1.